The minimum atomic E-state index is 0. The van der Waals surface area contributed by atoms with Crippen LogP contribution in [-0.4, -0.2) is 33.3 Å². The van der Waals surface area contributed by atoms with E-state index in [-0.39, 0.29) is 24.0 Å². The normalized spacial score (nSPS) is 10.9. The van der Waals surface area contributed by atoms with Crippen molar-refractivity contribution in [2.24, 2.45) is 4.99 Å². The number of hydrogen-bond donors (Lipinski definition) is 2. The molecule has 0 amide bonds. The van der Waals surface area contributed by atoms with E-state index in [9.17, 15) is 0 Å². The Labute approximate surface area is 131 Å². The molecule has 0 aliphatic carbocycles. The highest BCUT2D eigenvalue weighted by Gasteiger charge is 1.99. The SMILES string of the molecule is CN=C(NCCOC)NCc1ccc(Br)s1.I. The fourth-order valence-corrected chi connectivity index (χ4v) is 2.53. The van der Waals surface area contributed by atoms with Gasteiger partial charge >= 0.3 is 0 Å². The van der Waals surface area contributed by atoms with E-state index < -0.39 is 0 Å². The maximum Gasteiger partial charge on any atom is 0.191 e. The lowest BCUT2D eigenvalue weighted by Crippen LogP contribution is -2.38. The molecule has 4 nitrogen and oxygen atoms in total. The Morgan fingerprint density at radius 1 is 1.47 bits per heavy atom. The summed E-state index contributed by atoms with van der Waals surface area (Å²) < 4.78 is 6.10. The Hall–Kier alpha value is 0.140. The van der Waals surface area contributed by atoms with E-state index in [4.69, 9.17) is 4.74 Å². The summed E-state index contributed by atoms with van der Waals surface area (Å²) in [6.45, 7) is 2.21. The number of rotatable bonds is 5. The molecular formula is C10H17BrIN3OS. The van der Waals surface area contributed by atoms with Crippen LogP contribution in [0.1, 0.15) is 4.88 Å². The molecule has 0 fully saturated rings. The molecule has 0 spiro atoms. The molecule has 7 heteroatoms. The van der Waals surface area contributed by atoms with Crippen LogP contribution in [0.25, 0.3) is 0 Å². The zero-order chi connectivity index (χ0) is 11.8. The van der Waals surface area contributed by atoms with Crippen LogP contribution in [0.2, 0.25) is 0 Å². The molecule has 0 unspecified atom stereocenters. The topological polar surface area (TPSA) is 45.7 Å². The van der Waals surface area contributed by atoms with Crippen molar-refractivity contribution < 1.29 is 4.74 Å². The molecule has 0 saturated carbocycles. The minimum absolute atomic E-state index is 0. The summed E-state index contributed by atoms with van der Waals surface area (Å²) in [5, 5.41) is 6.39. The smallest absolute Gasteiger partial charge is 0.191 e. The second kappa shape index (κ2) is 10.1. The van der Waals surface area contributed by atoms with Gasteiger partial charge in [-0.25, -0.2) is 0 Å². The molecule has 1 aromatic heterocycles. The van der Waals surface area contributed by atoms with Crippen molar-refractivity contribution >= 4 is 57.2 Å². The third kappa shape index (κ3) is 7.22. The number of aliphatic imine (C=N–C) groups is 1. The molecule has 1 rings (SSSR count). The number of methoxy groups -OCH3 is 1. The average Bonchev–Trinajstić information content (AvgIpc) is 2.69. The van der Waals surface area contributed by atoms with Gasteiger partial charge in [-0.3, -0.25) is 4.99 Å². The van der Waals surface area contributed by atoms with Crippen LogP contribution in [0, 0.1) is 0 Å². The van der Waals surface area contributed by atoms with Crippen LogP contribution in [-0.2, 0) is 11.3 Å². The summed E-state index contributed by atoms with van der Waals surface area (Å²) >= 11 is 5.15. The molecule has 0 saturated heterocycles. The molecule has 1 heterocycles. The lowest BCUT2D eigenvalue weighted by molar-refractivity contribution is 0.203. The first-order valence-electron chi connectivity index (χ1n) is 4.94. The standard InChI is InChI=1S/C10H16BrN3OS.HI/c1-12-10(13-5-6-15-2)14-7-8-3-4-9(11)16-8;/h3-4H,5-7H2,1-2H3,(H2,12,13,14);1H. The van der Waals surface area contributed by atoms with Gasteiger partial charge in [0, 0.05) is 25.6 Å². The predicted molar refractivity (Wildman–Crippen MR) is 87.5 cm³/mol. The van der Waals surface area contributed by atoms with Crippen molar-refractivity contribution in [1.82, 2.24) is 10.6 Å². The largest absolute Gasteiger partial charge is 0.383 e. The average molecular weight is 434 g/mol. The van der Waals surface area contributed by atoms with E-state index in [0.29, 0.717) is 6.61 Å². The molecule has 17 heavy (non-hydrogen) atoms. The molecule has 0 radical (unpaired) electrons. The van der Waals surface area contributed by atoms with Crippen molar-refractivity contribution in [2.45, 2.75) is 6.54 Å². The third-order valence-electron chi connectivity index (χ3n) is 1.88. The highest BCUT2D eigenvalue weighted by Crippen LogP contribution is 2.21. The minimum Gasteiger partial charge on any atom is -0.383 e. The summed E-state index contributed by atoms with van der Waals surface area (Å²) in [5.41, 5.74) is 0. The van der Waals surface area contributed by atoms with Crippen molar-refractivity contribution in [3.05, 3.63) is 20.8 Å². The van der Waals surface area contributed by atoms with E-state index >= 15 is 0 Å². The van der Waals surface area contributed by atoms with Crippen LogP contribution in [0.5, 0.6) is 0 Å². The van der Waals surface area contributed by atoms with E-state index in [0.717, 1.165) is 22.8 Å². The third-order valence-corrected chi connectivity index (χ3v) is 3.50. The van der Waals surface area contributed by atoms with Crippen LogP contribution >= 0.6 is 51.2 Å². The van der Waals surface area contributed by atoms with Gasteiger partial charge in [-0.05, 0) is 28.1 Å². The highest BCUT2D eigenvalue weighted by atomic mass is 127. The van der Waals surface area contributed by atoms with E-state index in [1.54, 1.807) is 25.5 Å². The Morgan fingerprint density at radius 2 is 2.24 bits per heavy atom. The first-order chi connectivity index (χ1) is 7.76. The predicted octanol–water partition coefficient (Wildman–Crippen LogP) is 2.44. The fraction of sp³-hybridized carbons (Fsp3) is 0.500. The lowest BCUT2D eigenvalue weighted by Gasteiger charge is -2.10. The van der Waals surface area contributed by atoms with Crippen LogP contribution < -0.4 is 10.6 Å². The molecule has 98 valence electrons. The van der Waals surface area contributed by atoms with E-state index in [1.807, 2.05) is 6.07 Å². The Morgan fingerprint density at radius 3 is 2.76 bits per heavy atom. The maximum absolute atomic E-state index is 4.95. The van der Waals surface area contributed by atoms with Crippen molar-refractivity contribution in [3.8, 4) is 0 Å². The number of halogens is 2. The van der Waals surface area contributed by atoms with Gasteiger partial charge in [0.05, 0.1) is 16.9 Å². The van der Waals surface area contributed by atoms with Crippen LogP contribution in [0.15, 0.2) is 20.9 Å². The van der Waals surface area contributed by atoms with Crippen molar-refractivity contribution in [1.29, 1.82) is 0 Å². The number of hydrogen-bond acceptors (Lipinski definition) is 3. The quantitative estimate of drug-likeness (QED) is 0.324. The van der Waals surface area contributed by atoms with Gasteiger partial charge in [0.2, 0.25) is 0 Å². The summed E-state index contributed by atoms with van der Waals surface area (Å²) in [6.07, 6.45) is 0. The van der Waals surface area contributed by atoms with Gasteiger partial charge in [-0.15, -0.1) is 35.3 Å². The maximum atomic E-state index is 4.95. The lowest BCUT2D eigenvalue weighted by atomic mass is 10.5. The molecule has 0 aliphatic rings. The molecule has 1 aromatic rings. The Balaban J connectivity index is 0.00000256. The summed E-state index contributed by atoms with van der Waals surface area (Å²) in [5.74, 6) is 0.793. The highest BCUT2D eigenvalue weighted by molar-refractivity contribution is 14.0. The number of ether oxygens (including phenoxy) is 1. The second-order valence-corrected chi connectivity index (χ2v) is 5.60. The molecule has 0 aliphatic heterocycles. The van der Waals surface area contributed by atoms with Gasteiger partial charge in [-0.2, -0.15) is 0 Å². The number of thiophene rings is 1. The summed E-state index contributed by atoms with van der Waals surface area (Å²) in [7, 11) is 3.44. The molecule has 0 aromatic carbocycles. The Bertz CT molecular complexity index is 346. The first kappa shape index (κ1) is 17.1. The zero-order valence-corrected chi connectivity index (χ0v) is 14.6. The second-order valence-electron chi connectivity index (χ2n) is 3.05. The van der Waals surface area contributed by atoms with Gasteiger partial charge in [0.15, 0.2) is 5.96 Å². The van der Waals surface area contributed by atoms with Gasteiger partial charge in [0.1, 0.15) is 0 Å². The van der Waals surface area contributed by atoms with E-state index in [2.05, 4.69) is 37.6 Å². The Kier molecular flexibility index (Phi) is 10.2. The van der Waals surface area contributed by atoms with Gasteiger partial charge in [-0.1, -0.05) is 0 Å². The van der Waals surface area contributed by atoms with E-state index in [1.165, 1.54) is 4.88 Å². The number of nitrogens with zero attached hydrogens (tertiary/aromatic N) is 1. The van der Waals surface area contributed by atoms with Crippen molar-refractivity contribution in [2.75, 3.05) is 27.3 Å². The van der Waals surface area contributed by atoms with Crippen LogP contribution in [0.4, 0.5) is 0 Å². The fourth-order valence-electron chi connectivity index (χ4n) is 1.11. The molecule has 0 atom stereocenters. The number of guanidine groups is 1. The van der Waals surface area contributed by atoms with Gasteiger partial charge in [0.25, 0.3) is 0 Å². The summed E-state index contributed by atoms with van der Waals surface area (Å²) in [4.78, 5) is 5.38. The molecule has 2 N–H and O–H groups in total. The summed E-state index contributed by atoms with van der Waals surface area (Å²) in [6, 6.07) is 4.13. The van der Waals surface area contributed by atoms with Gasteiger partial charge < -0.3 is 15.4 Å². The molecule has 0 bridgehead atoms. The van der Waals surface area contributed by atoms with Crippen molar-refractivity contribution in [3.63, 3.8) is 0 Å². The number of nitrogens with one attached hydrogen (secondary N) is 2. The first-order valence-corrected chi connectivity index (χ1v) is 6.55. The molecular weight excluding hydrogens is 417 g/mol. The zero-order valence-electron chi connectivity index (χ0n) is 9.83. The van der Waals surface area contributed by atoms with Crippen LogP contribution in [0.3, 0.4) is 0 Å². The monoisotopic (exact) mass is 433 g/mol.